The molecule has 0 spiro atoms. The first kappa shape index (κ1) is 14.0. The molecular formula is C12H16N2O4. The van der Waals surface area contributed by atoms with Gasteiger partial charge in [0, 0.05) is 19.2 Å². The van der Waals surface area contributed by atoms with Crippen molar-refractivity contribution in [3.63, 3.8) is 0 Å². The van der Waals surface area contributed by atoms with Crippen LogP contribution < -0.4 is 10.6 Å². The molecule has 0 heterocycles. The summed E-state index contributed by atoms with van der Waals surface area (Å²) < 4.78 is 0. The van der Waals surface area contributed by atoms with Crippen LogP contribution in [0.25, 0.3) is 0 Å². The molecule has 1 amide bonds. The highest BCUT2D eigenvalue weighted by Crippen LogP contribution is 2.18. The van der Waals surface area contributed by atoms with E-state index in [-0.39, 0.29) is 24.5 Å². The maximum absolute atomic E-state index is 11.9. The number of benzene rings is 1. The topological polar surface area (TPSA) is 104 Å². The van der Waals surface area contributed by atoms with E-state index < -0.39 is 12.0 Å². The highest BCUT2D eigenvalue weighted by molar-refractivity contribution is 5.96. The quantitative estimate of drug-likeness (QED) is 0.709. The Hall–Kier alpha value is -2.08. The third-order valence-corrected chi connectivity index (χ3v) is 2.55. The number of anilines is 1. The number of rotatable bonds is 5. The molecule has 0 aromatic heterocycles. The monoisotopic (exact) mass is 252 g/mol. The third kappa shape index (κ3) is 3.74. The summed E-state index contributed by atoms with van der Waals surface area (Å²) in [6.45, 7) is 0. The zero-order valence-electron chi connectivity index (χ0n) is 10.0. The summed E-state index contributed by atoms with van der Waals surface area (Å²) in [5.41, 5.74) is 6.22. The molecule has 1 atom stereocenters. The van der Waals surface area contributed by atoms with Crippen LogP contribution in [0.5, 0.6) is 5.75 Å². The summed E-state index contributed by atoms with van der Waals surface area (Å²) in [5.74, 6) is -1.23. The van der Waals surface area contributed by atoms with E-state index in [1.807, 2.05) is 0 Å². The minimum absolute atomic E-state index is 0.0938. The van der Waals surface area contributed by atoms with Crippen LogP contribution in [0.15, 0.2) is 24.3 Å². The summed E-state index contributed by atoms with van der Waals surface area (Å²) in [6.07, 6.45) is -0.0487. The molecule has 1 aromatic rings. The average Bonchev–Trinajstić information content (AvgIpc) is 2.35. The Morgan fingerprint density at radius 2 is 1.89 bits per heavy atom. The standard InChI is InChI=1S/C12H16N2O4/c1-14(8-2-4-9(15)5-3-8)12(18)10(13)6-7-11(16)17/h2-5,10,15H,6-7,13H2,1H3,(H,16,17). The number of carbonyl (C=O) groups is 2. The number of carboxylic acid groups (broad SMARTS) is 1. The third-order valence-electron chi connectivity index (χ3n) is 2.55. The molecule has 0 aliphatic carbocycles. The first-order valence-corrected chi connectivity index (χ1v) is 5.46. The molecule has 1 unspecified atom stereocenters. The minimum Gasteiger partial charge on any atom is -0.508 e. The highest BCUT2D eigenvalue weighted by atomic mass is 16.4. The van der Waals surface area contributed by atoms with Gasteiger partial charge in [-0.3, -0.25) is 9.59 Å². The van der Waals surface area contributed by atoms with Gasteiger partial charge in [0.1, 0.15) is 5.75 Å². The maximum atomic E-state index is 11.9. The Morgan fingerprint density at radius 1 is 1.33 bits per heavy atom. The van der Waals surface area contributed by atoms with Gasteiger partial charge in [0.15, 0.2) is 0 Å². The number of nitrogens with two attached hydrogens (primary N) is 1. The molecule has 6 heteroatoms. The number of aliphatic carboxylic acids is 1. The second kappa shape index (κ2) is 6.02. The van der Waals surface area contributed by atoms with Crippen LogP contribution in [0, 0.1) is 0 Å². The SMILES string of the molecule is CN(C(=O)C(N)CCC(=O)O)c1ccc(O)cc1. The van der Waals surface area contributed by atoms with Gasteiger partial charge in [-0.15, -0.1) is 0 Å². The zero-order chi connectivity index (χ0) is 13.7. The Balaban J connectivity index is 2.65. The van der Waals surface area contributed by atoms with Crippen molar-refractivity contribution in [3.8, 4) is 5.75 Å². The van der Waals surface area contributed by atoms with Gasteiger partial charge >= 0.3 is 5.97 Å². The molecule has 0 saturated heterocycles. The number of amides is 1. The van der Waals surface area contributed by atoms with Crippen molar-refractivity contribution in [3.05, 3.63) is 24.3 Å². The molecule has 0 bridgehead atoms. The fourth-order valence-electron chi connectivity index (χ4n) is 1.45. The minimum atomic E-state index is -0.981. The smallest absolute Gasteiger partial charge is 0.303 e. The van der Waals surface area contributed by atoms with E-state index in [9.17, 15) is 9.59 Å². The Bertz CT molecular complexity index is 430. The van der Waals surface area contributed by atoms with Crippen LogP contribution >= 0.6 is 0 Å². The summed E-state index contributed by atoms with van der Waals surface area (Å²) in [6, 6.07) is 5.23. The van der Waals surface area contributed by atoms with Crippen molar-refractivity contribution in [1.82, 2.24) is 0 Å². The summed E-state index contributed by atoms with van der Waals surface area (Å²) in [7, 11) is 1.55. The van der Waals surface area contributed by atoms with Crippen molar-refractivity contribution >= 4 is 17.6 Å². The Kier molecular flexibility index (Phi) is 4.67. The van der Waals surface area contributed by atoms with Gasteiger partial charge in [-0.05, 0) is 30.7 Å². The van der Waals surface area contributed by atoms with Crippen molar-refractivity contribution in [2.75, 3.05) is 11.9 Å². The Morgan fingerprint density at radius 3 is 2.39 bits per heavy atom. The number of likely N-dealkylation sites (N-methyl/N-ethyl adjacent to an activating group) is 1. The number of nitrogens with zero attached hydrogens (tertiary/aromatic N) is 1. The van der Waals surface area contributed by atoms with Gasteiger partial charge in [-0.1, -0.05) is 0 Å². The summed E-state index contributed by atoms with van der Waals surface area (Å²) in [4.78, 5) is 23.6. The molecule has 98 valence electrons. The number of carbonyl (C=O) groups excluding carboxylic acids is 1. The molecule has 18 heavy (non-hydrogen) atoms. The van der Waals surface area contributed by atoms with Crippen LogP contribution in [-0.2, 0) is 9.59 Å². The molecular weight excluding hydrogens is 236 g/mol. The van der Waals surface area contributed by atoms with Crippen LogP contribution in [0.4, 0.5) is 5.69 Å². The van der Waals surface area contributed by atoms with Gasteiger partial charge in [0.05, 0.1) is 6.04 Å². The Labute approximate surface area is 105 Å². The summed E-state index contributed by atoms with van der Waals surface area (Å²) >= 11 is 0. The second-order valence-electron chi connectivity index (χ2n) is 3.95. The van der Waals surface area contributed by atoms with Crippen molar-refractivity contribution in [2.45, 2.75) is 18.9 Å². The van der Waals surface area contributed by atoms with Gasteiger partial charge in [0.2, 0.25) is 5.91 Å². The number of aromatic hydroxyl groups is 1. The summed E-state index contributed by atoms with van der Waals surface area (Å²) in [5, 5.41) is 17.7. The van der Waals surface area contributed by atoms with Crippen molar-refractivity contribution < 1.29 is 19.8 Å². The molecule has 0 fully saturated rings. The lowest BCUT2D eigenvalue weighted by molar-refractivity contribution is -0.137. The first-order valence-electron chi connectivity index (χ1n) is 5.46. The maximum Gasteiger partial charge on any atom is 0.303 e. The average molecular weight is 252 g/mol. The predicted molar refractivity (Wildman–Crippen MR) is 66.4 cm³/mol. The molecule has 6 nitrogen and oxygen atoms in total. The van der Waals surface area contributed by atoms with E-state index in [4.69, 9.17) is 15.9 Å². The second-order valence-corrected chi connectivity index (χ2v) is 3.95. The van der Waals surface area contributed by atoms with Crippen LogP contribution in [0.1, 0.15) is 12.8 Å². The fraction of sp³-hybridized carbons (Fsp3) is 0.333. The molecule has 0 saturated carbocycles. The number of phenols is 1. The van der Waals surface area contributed by atoms with E-state index in [1.54, 1.807) is 19.2 Å². The number of hydrogen-bond acceptors (Lipinski definition) is 4. The van der Waals surface area contributed by atoms with Gasteiger partial charge in [0.25, 0.3) is 0 Å². The fourth-order valence-corrected chi connectivity index (χ4v) is 1.45. The molecule has 1 aromatic carbocycles. The van der Waals surface area contributed by atoms with E-state index >= 15 is 0 Å². The molecule has 4 N–H and O–H groups in total. The van der Waals surface area contributed by atoms with E-state index in [0.29, 0.717) is 5.69 Å². The van der Waals surface area contributed by atoms with Crippen LogP contribution in [0.3, 0.4) is 0 Å². The molecule has 0 aliphatic heterocycles. The van der Waals surface area contributed by atoms with Crippen molar-refractivity contribution in [2.24, 2.45) is 5.73 Å². The van der Waals surface area contributed by atoms with Crippen molar-refractivity contribution in [1.29, 1.82) is 0 Å². The van der Waals surface area contributed by atoms with Gasteiger partial charge in [-0.25, -0.2) is 0 Å². The normalized spacial score (nSPS) is 11.9. The largest absolute Gasteiger partial charge is 0.508 e. The number of phenolic OH excluding ortho intramolecular Hbond substituents is 1. The lowest BCUT2D eigenvalue weighted by Gasteiger charge is -2.21. The van der Waals surface area contributed by atoms with E-state index in [2.05, 4.69) is 0 Å². The molecule has 0 radical (unpaired) electrons. The highest BCUT2D eigenvalue weighted by Gasteiger charge is 2.19. The lowest BCUT2D eigenvalue weighted by atomic mass is 10.1. The zero-order valence-corrected chi connectivity index (χ0v) is 10.0. The lowest BCUT2D eigenvalue weighted by Crippen LogP contribution is -2.42. The van der Waals surface area contributed by atoms with Gasteiger partial charge in [-0.2, -0.15) is 0 Å². The van der Waals surface area contributed by atoms with Crippen LogP contribution in [0.2, 0.25) is 0 Å². The van der Waals surface area contributed by atoms with Gasteiger partial charge < -0.3 is 20.8 Å². The predicted octanol–water partition coefficient (Wildman–Crippen LogP) is 0.547. The number of carboxylic acids is 1. The van der Waals surface area contributed by atoms with E-state index in [0.717, 1.165) is 0 Å². The molecule has 0 aliphatic rings. The molecule has 1 rings (SSSR count). The van der Waals surface area contributed by atoms with Crippen LogP contribution in [-0.4, -0.2) is 35.2 Å². The van der Waals surface area contributed by atoms with E-state index in [1.165, 1.54) is 17.0 Å². The number of hydrogen-bond donors (Lipinski definition) is 3. The first-order chi connectivity index (χ1) is 8.41.